The molecule has 10 heteroatoms. The zero-order valence-electron chi connectivity index (χ0n) is 19.2. The highest BCUT2D eigenvalue weighted by atomic mass is 35.5. The van der Waals surface area contributed by atoms with Gasteiger partial charge in [0.1, 0.15) is 5.75 Å². The van der Waals surface area contributed by atoms with E-state index in [4.69, 9.17) is 26.3 Å². The van der Waals surface area contributed by atoms with Crippen molar-refractivity contribution in [3.05, 3.63) is 81.2 Å². The summed E-state index contributed by atoms with van der Waals surface area (Å²) in [5, 5.41) is 13.6. The fourth-order valence-electron chi connectivity index (χ4n) is 3.25. The van der Waals surface area contributed by atoms with E-state index in [1.54, 1.807) is 55.5 Å². The van der Waals surface area contributed by atoms with Crippen molar-refractivity contribution in [2.75, 3.05) is 24.7 Å². The van der Waals surface area contributed by atoms with E-state index in [0.29, 0.717) is 34.4 Å². The first kappa shape index (κ1) is 25.5. The van der Waals surface area contributed by atoms with Crippen molar-refractivity contribution in [3.8, 4) is 17.5 Å². The summed E-state index contributed by atoms with van der Waals surface area (Å²) in [5.74, 6) is -0.946. The Morgan fingerprint density at radius 3 is 2.46 bits per heavy atom. The normalized spacial score (nSPS) is 10.3. The van der Waals surface area contributed by atoms with E-state index in [1.165, 1.54) is 15.6 Å². The van der Waals surface area contributed by atoms with Crippen molar-refractivity contribution in [1.29, 1.82) is 5.26 Å². The van der Waals surface area contributed by atoms with Crippen LogP contribution in [0.15, 0.2) is 59.4 Å². The zero-order valence-corrected chi connectivity index (χ0v) is 20.0. The zero-order chi connectivity index (χ0) is 25.4. The molecule has 180 valence electrons. The lowest BCUT2D eigenvalue weighted by atomic mass is 10.2. The number of aromatic nitrogens is 2. The highest BCUT2D eigenvalue weighted by Gasteiger charge is 2.21. The van der Waals surface area contributed by atoms with E-state index < -0.39 is 29.6 Å². The summed E-state index contributed by atoms with van der Waals surface area (Å²) in [6.45, 7) is 3.50. The number of hydrogen-bond donors (Lipinski definition) is 0. The molecule has 1 heterocycles. The Morgan fingerprint density at radius 2 is 1.83 bits per heavy atom. The SMILES string of the molecule is CCOc1ccc(N(CCC#N)C(=O)COC(=O)c2nn(-c3ccc(Cl)cc3)c(C)cc2=O)cc1. The first-order valence-electron chi connectivity index (χ1n) is 10.8. The lowest BCUT2D eigenvalue weighted by Gasteiger charge is -2.22. The van der Waals surface area contributed by atoms with Gasteiger partial charge in [-0.25, -0.2) is 9.48 Å². The topological polar surface area (TPSA) is 115 Å². The van der Waals surface area contributed by atoms with Gasteiger partial charge < -0.3 is 14.4 Å². The van der Waals surface area contributed by atoms with E-state index >= 15 is 0 Å². The number of carbonyl (C=O) groups is 2. The number of halogens is 1. The molecule has 9 nitrogen and oxygen atoms in total. The van der Waals surface area contributed by atoms with Gasteiger partial charge in [0.05, 0.1) is 24.8 Å². The minimum Gasteiger partial charge on any atom is -0.494 e. The van der Waals surface area contributed by atoms with Crippen LogP contribution < -0.4 is 15.1 Å². The number of hydrogen-bond acceptors (Lipinski definition) is 7. The number of nitriles is 1. The van der Waals surface area contributed by atoms with Gasteiger partial charge in [0.15, 0.2) is 6.61 Å². The van der Waals surface area contributed by atoms with Crippen LogP contribution in [-0.4, -0.2) is 41.4 Å². The number of aryl methyl sites for hydroxylation is 1. The quantitative estimate of drug-likeness (QED) is 0.416. The van der Waals surface area contributed by atoms with Gasteiger partial charge in [0.2, 0.25) is 11.1 Å². The third-order valence-corrected chi connectivity index (χ3v) is 5.16. The predicted molar refractivity (Wildman–Crippen MR) is 130 cm³/mol. The molecule has 3 aromatic rings. The minimum atomic E-state index is -1.03. The predicted octanol–water partition coefficient (Wildman–Crippen LogP) is 3.70. The molecule has 0 radical (unpaired) electrons. The first-order chi connectivity index (χ1) is 16.8. The molecule has 1 aromatic heterocycles. The summed E-state index contributed by atoms with van der Waals surface area (Å²) in [6.07, 6.45) is 0.0816. The Balaban J connectivity index is 1.77. The molecule has 0 aliphatic heterocycles. The van der Waals surface area contributed by atoms with Gasteiger partial charge >= 0.3 is 5.97 Å². The molecule has 35 heavy (non-hydrogen) atoms. The minimum absolute atomic E-state index is 0.0816. The van der Waals surface area contributed by atoms with Crippen molar-refractivity contribution >= 4 is 29.2 Å². The average molecular weight is 495 g/mol. The number of rotatable bonds is 9. The van der Waals surface area contributed by atoms with Gasteiger partial charge in [-0.1, -0.05) is 11.6 Å². The molecular weight excluding hydrogens is 472 g/mol. The molecular formula is C25H23ClN4O5. The molecule has 0 fully saturated rings. The van der Waals surface area contributed by atoms with Crippen molar-refractivity contribution in [2.45, 2.75) is 20.3 Å². The summed E-state index contributed by atoms with van der Waals surface area (Å²) in [7, 11) is 0. The first-order valence-corrected chi connectivity index (χ1v) is 11.2. The second-order valence-electron chi connectivity index (χ2n) is 7.34. The number of nitrogens with zero attached hydrogens (tertiary/aromatic N) is 4. The van der Waals surface area contributed by atoms with Crippen LogP contribution in [0.4, 0.5) is 5.69 Å². The number of anilines is 1. The van der Waals surface area contributed by atoms with Crippen LogP contribution in [0.1, 0.15) is 29.5 Å². The molecule has 0 N–H and O–H groups in total. The maximum atomic E-state index is 12.8. The van der Waals surface area contributed by atoms with E-state index in [2.05, 4.69) is 5.10 Å². The van der Waals surface area contributed by atoms with Crippen molar-refractivity contribution in [3.63, 3.8) is 0 Å². The average Bonchev–Trinajstić information content (AvgIpc) is 2.84. The maximum Gasteiger partial charge on any atom is 0.363 e. The summed E-state index contributed by atoms with van der Waals surface area (Å²) < 4.78 is 11.9. The van der Waals surface area contributed by atoms with Crippen LogP contribution in [0.5, 0.6) is 5.75 Å². The monoisotopic (exact) mass is 494 g/mol. The smallest absolute Gasteiger partial charge is 0.363 e. The lowest BCUT2D eigenvalue weighted by Crippen LogP contribution is -2.36. The third kappa shape index (κ3) is 6.46. The van der Waals surface area contributed by atoms with E-state index in [0.717, 1.165) is 0 Å². The van der Waals surface area contributed by atoms with Gasteiger partial charge in [0.25, 0.3) is 5.91 Å². The summed E-state index contributed by atoms with van der Waals surface area (Å²) in [4.78, 5) is 39.2. The number of ether oxygens (including phenoxy) is 2. The third-order valence-electron chi connectivity index (χ3n) is 4.91. The fraction of sp³-hybridized carbons (Fsp3) is 0.240. The van der Waals surface area contributed by atoms with Crippen LogP contribution in [0.3, 0.4) is 0 Å². The lowest BCUT2D eigenvalue weighted by molar-refractivity contribution is -0.121. The Hall–Kier alpha value is -4.16. The Morgan fingerprint density at radius 1 is 1.14 bits per heavy atom. The summed E-state index contributed by atoms with van der Waals surface area (Å²) in [5.41, 5.74) is 0.530. The van der Waals surface area contributed by atoms with Crippen molar-refractivity contribution < 1.29 is 19.1 Å². The van der Waals surface area contributed by atoms with E-state index in [-0.39, 0.29) is 13.0 Å². The van der Waals surface area contributed by atoms with Crippen LogP contribution in [-0.2, 0) is 9.53 Å². The molecule has 0 aliphatic carbocycles. The second kappa shape index (κ2) is 11.8. The van der Waals surface area contributed by atoms with Gasteiger partial charge in [-0.2, -0.15) is 10.4 Å². The molecule has 3 rings (SSSR count). The maximum absolute atomic E-state index is 12.8. The van der Waals surface area contributed by atoms with Crippen molar-refractivity contribution in [1.82, 2.24) is 9.78 Å². The fourth-order valence-corrected chi connectivity index (χ4v) is 3.38. The van der Waals surface area contributed by atoms with Crippen LogP contribution in [0, 0.1) is 18.3 Å². The Bertz CT molecular complexity index is 1300. The van der Waals surface area contributed by atoms with Crippen molar-refractivity contribution in [2.24, 2.45) is 0 Å². The standard InChI is InChI=1S/C25H23ClN4O5/c1-3-34-21-11-9-19(10-12-21)29(14-4-13-27)23(32)16-35-25(33)24-22(31)15-17(2)30(28-24)20-7-5-18(26)6-8-20/h5-12,15H,3-4,14,16H2,1-2H3. The largest absolute Gasteiger partial charge is 0.494 e. The van der Waals surface area contributed by atoms with Crippen LogP contribution in [0.2, 0.25) is 5.02 Å². The molecule has 0 bridgehead atoms. The molecule has 0 saturated carbocycles. The van der Waals surface area contributed by atoms with Crippen LogP contribution >= 0.6 is 11.6 Å². The van der Waals surface area contributed by atoms with Gasteiger partial charge in [-0.15, -0.1) is 0 Å². The second-order valence-corrected chi connectivity index (χ2v) is 7.78. The highest BCUT2D eigenvalue weighted by Crippen LogP contribution is 2.20. The highest BCUT2D eigenvalue weighted by molar-refractivity contribution is 6.30. The van der Waals surface area contributed by atoms with Crippen LogP contribution in [0.25, 0.3) is 5.69 Å². The Kier molecular flexibility index (Phi) is 8.59. The molecule has 0 aliphatic rings. The van der Waals surface area contributed by atoms with E-state index in [9.17, 15) is 14.4 Å². The summed E-state index contributed by atoms with van der Waals surface area (Å²) in [6, 6.07) is 16.7. The van der Waals surface area contributed by atoms with Gasteiger partial charge in [0, 0.05) is 29.0 Å². The molecule has 0 atom stereocenters. The molecule has 1 amide bonds. The number of esters is 1. The molecule has 0 spiro atoms. The number of carbonyl (C=O) groups excluding carboxylic acids is 2. The molecule has 0 unspecified atom stereocenters. The van der Waals surface area contributed by atoms with E-state index in [1.807, 2.05) is 13.0 Å². The Labute approximate surface area is 207 Å². The van der Waals surface area contributed by atoms with Gasteiger partial charge in [-0.05, 0) is 62.4 Å². The summed E-state index contributed by atoms with van der Waals surface area (Å²) >= 11 is 5.93. The van der Waals surface area contributed by atoms with Gasteiger partial charge in [-0.3, -0.25) is 9.59 Å². The number of amides is 1. The number of benzene rings is 2. The molecule has 2 aromatic carbocycles. The molecule has 0 saturated heterocycles.